The summed E-state index contributed by atoms with van der Waals surface area (Å²) in [4.78, 5) is 27.5. The van der Waals surface area contributed by atoms with Gasteiger partial charge in [-0.3, -0.25) is 4.79 Å². The van der Waals surface area contributed by atoms with Crippen LogP contribution in [0, 0.1) is 0 Å². The number of amides is 1. The van der Waals surface area contributed by atoms with Crippen LogP contribution in [-0.2, 0) is 9.53 Å². The molecule has 2 aliphatic rings. The van der Waals surface area contributed by atoms with Crippen LogP contribution in [0.15, 0.2) is 35.7 Å². The van der Waals surface area contributed by atoms with E-state index in [0.29, 0.717) is 29.2 Å². The fourth-order valence-corrected chi connectivity index (χ4v) is 2.59. The highest BCUT2D eigenvalue weighted by Gasteiger charge is 2.40. The van der Waals surface area contributed by atoms with Crippen molar-refractivity contribution in [2.75, 3.05) is 20.8 Å². The molecule has 20 heavy (non-hydrogen) atoms. The Labute approximate surface area is 116 Å². The maximum Gasteiger partial charge on any atom is 0.339 e. The summed E-state index contributed by atoms with van der Waals surface area (Å²) in [6, 6.07) is 7.05. The number of hydrogen-bond donors (Lipinski definition) is 1. The number of carbonyl (C=O) groups excluding carboxylic acids is 2. The minimum atomic E-state index is -0.726. The Bertz CT molecular complexity index is 638. The number of nitrogens with zero attached hydrogens (tertiary/aromatic N) is 2. The number of likely N-dealkylation sites (N-methyl/N-ethyl adjacent to an activating group) is 1. The summed E-state index contributed by atoms with van der Waals surface area (Å²) >= 11 is 0. The van der Waals surface area contributed by atoms with E-state index in [1.165, 1.54) is 0 Å². The monoisotopic (exact) mass is 273 g/mol. The largest absolute Gasteiger partial charge is 0.449 e. The first-order chi connectivity index (χ1) is 9.50. The van der Waals surface area contributed by atoms with Crippen molar-refractivity contribution in [3.63, 3.8) is 0 Å². The standard InChI is InChI=1S/C14H15N3O3/c1-16-7-17(2)13(18)10(12(16)15)11-8-5-3-4-6-9(8)14(19)20-11/h3-6,11H,7,15H2,1-2H3. The van der Waals surface area contributed by atoms with E-state index in [2.05, 4.69) is 0 Å². The van der Waals surface area contributed by atoms with E-state index in [-0.39, 0.29) is 5.91 Å². The SMILES string of the molecule is CN1CN(C)C(N)=C(C2OC(=O)c3ccccc32)C1=O. The van der Waals surface area contributed by atoms with Gasteiger partial charge in [0.15, 0.2) is 6.10 Å². The molecular formula is C14H15N3O3. The van der Waals surface area contributed by atoms with Crippen molar-refractivity contribution in [1.82, 2.24) is 9.80 Å². The second kappa shape index (κ2) is 4.26. The van der Waals surface area contributed by atoms with E-state index >= 15 is 0 Å². The minimum Gasteiger partial charge on any atom is -0.449 e. The van der Waals surface area contributed by atoms with Crippen LogP contribution >= 0.6 is 0 Å². The molecule has 104 valence electrons. The molecular weight excluding hydrogens is 258 g/mol. The Morgan fingerprint density at radius 1 is 1.20 bits per heavy atom. The molecule has 3 rings (SSSR count). The zero-order chi connectivity index (χ0) is 14.4. The number of carbonyl (C=O) groups is 2. The molecule has 0 radical (unpaired) electrons. The van der Waals surface area contributed by atoms with Crippen molar-refractivity contribution < 1.29 is 14.3 Å². The van der Waals surface area contributed by atoms with Crippen LogP contribution in [0.25, 0.3) is 0 Å². The first-order valence-electron chi connectivity index (χ1n) is 6.27. The average Bonchev–Trinajstić information content (AvgIpc) is 2.75. The molecule has 2 N–H and O–H groups in total. The van der Waals surface area contributed by atoms with Crippen molar-refractivity contribution in [3.05, 3.63) is 46.8 Å². The van der Waals surface area contributed by atoms with E-state index in [1.54, 1.807) is 42.1 Å². The summed E-state index contributed by atoms with van der Waals surface area (Å²) in [5.74, 6) is -0.285. The minimum absolute atomic E-state index is 0.213. The van der Waals surface area contributed by atoms with Crippen molar-refractivity contribution in [3.8, 4) is 0 Å². The smallest absolute Gasteiger partial charge is 0.339 e. The second-order valence-corrected chi connectivity index (χ2v) is 5.01. The quantitative estimate of drug-likeness (QED) is 0.751. The zero-order valence-electron chi connectivity index (χ0n) is 11.3. The van der Waals surface area contributed by atoms with Gasteiger partial charge in [-0.2, -0.15) is 0 Å². The lowest BCUT2D eigenvalue weighted by Gasteiger charge is -2.35. The van der Waals surface area contributed by atoms with Crippen molar-refractivity contribution >= 4 is 11.9 Å². The van der Waals surface area contributed by atoms with E-state index in [1.807, 2.05) is 6.07 Å². The van der Waals surface area contributed by atoms with Gasteiger partial charge in [-0.1, -0.05) is 18.2 Å². The van der Waals surface area contributed by atoms with Gasteiger partial charge >= 0.3 is 5.97 Å². The maximum atomic E-state index is 12.4. The molecule has 0 aromatic heterocycles. The summed E-state index contributed by atoms with van der Waals surface area (Å²) in [5, 5.41) is 0. The Morgan fingerprint density at radius 2 is 1.90 bits per heavy atom. The number of hydrogen-bond acceptors (Lipinski definition) is 5. The molecule has 0 saturated carbocycles. The third-order valence-electron chi connectivity index (χ3n) is 3.64. The predicted molar refractivity (Wildman–Crippen MR) is 71.2 cm³/mol. The number of benzene rings is 1. The Kier molecular flexibility index (Phi) is 2.67. The molecule has 1 aromatic carbocycles. The molecule has 2 heterocycles. The molecule has 0 bridgehead atoms. The molecule has 1 unspecified atom stereocenters. The van der Waals surface area contributed by atoms with Gasteiger partial charge in [0.1, 0.15) is 11.4 Å². The van der Waals surface area contributed by atoms with Crippen molar-refractivity contribution in [2.24, 2.45) is 5.73 Å². The summed E-state index contributed by atoms with van der Waals surface area (Å²) in [7, 11) is 3.48. The molecule has 1 aromatic rings. The highest BCUT2D eigenvalue weighted by molar-refractivity contribution is 6.00. The molecule has 6 heteroatoms. The number of nitrogens with two attached hydrogens (primary N) is 1. The van der Waals surface area contributed by atoms with Gasteiger partial charge in [0.05, 0.1) is 12.2 Å². The van der Waals surface area contributed by atoms with Gasteiger partial charge < -0.3 is 20.3 Å². The fraction of sp³-hybridized carbons (Fsp3) is 0.286. The van der Waals surface area contributed by atoms with Crippen LogP contribution in [0.5, 0.6) is 0 Å². The molecule has 0 fully saturated rings. The lowest BCUT2D eigenvalue weighted by Crippen LogP contribution is -2.47. The maximum absolute atomic E-state index is 12.4. The summed E-state index contributed by atoms with van der Waals surface area (Å²) in [6.07, 6.45) is -0.726. The molecule has 0 saturated heterocycles. The summed E-state index contributed by atoms with van der Waals surface area (Å²) in [6.45, 7) is 0.413. The topological polar surface area (TPSA) is 75.9 Å². The van der Waals surface area contributed by atoms with Gasteiger partial charge in [0.25, 0.3) is 5.91 Å². The first-order valence-corrected chi connectivity index (χ1v) is 6.27. The Balaban J connectivity index is 2.12. The number of esters is 1. The van der Waals surface area contributed by atoms with Crippen LogP contribution < -0.4 is 5.73 Å². The van der Waals surface area contributed by atoms with E-state index in [4.69, 9.17) is 10.5 Å². The van der Waals surface area contributed by atoms with Gasteiger partial charge in [-0.05, 0) is 6.07 Å². The van der Waals surface area contributed by atoms with E-state index in [0.717, 1.165) is 0 Å². The highest BCUT2D eigenvalue weighted by atomic mass is 16.5. The lowest BCUT2D eigenvalue weighted by molar-refractivity contribution is -0.130. The van der Waals surface area contributed by atoms with Crippen LogP contribution in [-0.4, -0.2) is 42.4 Å². The molecule has 2 aliphatic heterocycles. The van der Waals surface area contributed by atoms with Gasteiger partial charge in [-0.15, -0.1) is 0 Å². The van der Waals surface area contributed by atoms with Crippen LogP contribution in [0.1, 0.15) is 22.0 Å². The normalized spacial score (nSPS) is 22.2. The molecule has 0 aliphatic carbocycles. The zero-order valence-corrected chi connectivity index (χ0v) is 11.3. The summed E-state index contributed by atoms with van der Waals surface area (Å²) < 4.78 is 5.36. The summed E-state index contributed by atoms with van der Waals surface area (Å²) in [5.41, 5.74) is 7.52. The van der Waals surface area contributed by atoms with Gasteiger partial charge in [0, 0.05) is 19.7 Å². The van der Waals surface area contributed by atoms with Crippen LogP contribution in [0.2, 0.25) is 0 Å². The Hall–Kier alpha value is -2.50. The molecule has 6 nitrogen and oxygen atoms in total. The number of ether oxygens (including phenoxy) is 1. The van der Waals surface area contributed by atoms with Crippen LogP contribution in [0.3, 0.4) is 0 Å². The lowest BCUT2D eigenvalue weighted by atomic mass is 9.97. The average molecular weight is 273 g/mol. The van der Waals surface area contributed by atoms with Crippen molar-refractivity contribution in [2.45, 2.75) is 6.10 Å². The first kappa shape index (κ1) is 12.5. The van der Waals surface area contributed by atoms with Crippen LogP contribution in [0.4, 0.5) is 0 Å². The number of fused-ring (bicyclic) bond motifs is 1. The second-order valence-electron chi connectivity index (χ2n) is 5.01. The Morgan fingerprint density at radius 3 is 2.65 bits per heavy atom. The third-order valence-corrected chi connectivity index (χ3v) is 3.64. The highest BCUT2D eigenvalue weighted by Crippen LogP contribution is 2.38. The molecule has 0 spiro atoms. The third kappa shape index (κ3) is 1.65. The number of cyclic esters (lactones) is 1. The molecule has 1 amide bonds. The van der Waals surface area contributed by atoms with Gasteiger partial charge in [0.2, 0.25) is 0 Å². The van der Waals surface area contributed by atoms with E-state index in [9.17, 15) is 9.59 Å². The fourth-order valence-electron chi connectivity index (χ4n) is 2.59. The van der Waals surface area contributed by atoms with Crippen molar-refractivity contribution in [1.29, 1.82) is 0 Å². The molecule has 1 atom stereocenters. The number of rotatable bonds is 1. The predicted octanol–water partition coefficient (Wildman–Crippen LogP) is 0.430. The van der Waals surface area contributed by atoms with E-state index < -0.39 is 12.1 Å². The van der Waals surface area contributed by atoms with Gasteiger partial charge in [-0.25, -0.2) is 4.79 Å².